The molecule has 0 saturated carbocycles. The molecule has 0 amide bonds. The normalized spacial score (nSPS) is 16.9. The number of methoxy groups -OCH3 is 1. The first-order valence-corrected chi connectivity index (χ1v) is 8.69. The predicted octanol–water partition coefficient (Wildman–Crippen LogP) is 2.81. The lowest BCUT2D eigenvalue weighted by Crippen LogP contribution is -2.00. The SMILES string of the molecule is COc1cccc(-c2noc(CCCc3nc(C4CCOC4)no3)n2)c1. The van der Waals surface area contributed by atoms with E-state index in [1.807, 2.05) is 24.3 Å². The van der Waals surface area contributed by atoms with E-state index in [1.54, 1.807) is 7.11 Å². The highest BCUT2D eigenvalue weighted by Crippen LogP contribution is 2.23. The lowest BCUT2D eigenvalue weighted by atomic mass is 10.1. The summed E-state index contributed by atoms with van der Waals surface area (Å²) in [5.41, 5.74) is 0.861. The molecule has 4 rings (SSSR count). The van der Waals surface area contributed by atoms with Crippen molar-refractivity contribution in [2.75, 3.05) is 20.3 Å². The van der Waals surface area contributed by atoms with E-state index in [4.69, 9.17) is 18.5 Å². The number of aryl methyl sites for hydroxylation is 2. The van der Waals surface area contributed by atoms with Gasteiger partial charge in [0.1, 0.15) is 5.75 Å². The summed E-state index contributed by atoms with van der Waals surface area (Å²) in [5.74, 6) is 3.55. The van der Waals surface area contributed by atoms with Crippen LogP contribution in [0.5, 0.6) is 5.75 Å². The van der Waals surface area contributed by atoms with E-state index in [0.29, 0.717) is 37.1 Å². The summed E-state index contributed by atoms with van der Waals surface area (Å²) in [6.07, 6.45) is 3.08. The molecule has 1 unspecified atom stereocenters. The molecule has 1 aliphatic rings. The van der Waals surface area contributed by atoms with Crippen LogP contribution in [0.4, 0.5) is 0 Å². The summed E-state index contributed by atoms with van der Waals surface area (Å²) in [7, 11) is 1.63. The van der Waals surface area contributed by atoms with E-state index in [2.05, 4.69) is 20.3 Å². The predicted molar refractivity (Wildman–Crippen MR) is 90.8 cm³/mol. The van der Waals surface area contributed by atoms with Gasteiger partial charge in [-0.05, 0) is 25.0 Å². The monoisotopic (exact) mass is 356 g/mol. The quantitative estimate of drug-likeness (QED) is 0.637. The van der Waals surface area contributed by atoms with E-state index < -0.39 is 0 Å². The first-order valence-electron chi connectivity index (χ1n) is 8.69. The Morgan fingerprint density at radius 1 is 1.12 bits per heavy atom. The molecule has 8 heteroatoms. The van der Waals surface area contributed by atoms with Gasteiger partial charge in [0.05, 0.1) is 13.7 Å². The van der Waals surface area contributed by atoms with E-state index >= 15 is 0 Å². The minimum absolute atomic E-state index is 0.258. The topological polar surface area (TPSA) is 96.3 Å². The van der Waals surface area contributed by atoms with Crippen LogP contribution in [-0.4, -0.2) is 40.6 Å². The highest BCUT2D eigenvalue weighted by atomic mass is 16.5. The summed E-state index contributed by atoms with van der Waals surface area (Å²) >= 11 is 0. The van der Waals surface area contributed by atoms with Crippen LogP contribution in [0.15, 0.2) is 33.3 Å². The first-order chi connectivity index (χ1) is 12.8. The van der Waals surface area contributed by atoms with Crippen molar-refractivity contribution in [2.45, 2.75) is 31.6 Å². The maximum atomic E-state index is 5.36. The molecule has 1 aliphatic heterocycles. The smallest absolute Gasteiger partial charge is 0.226 e. The second-order valence-electron chi connectivity index (χ2n) is 6.20. The zero-order valence-electron chi connectivity index (χ0n) is 14.6. The third kappa shape index (κ3) is 3.75. The average molecular weight is 356 g/mol. The average Bonchev–Trinajstić information content (AvgIpc) is 3.43. The van der Waals surface area contributed by atoms with Gasteiger partial charge in [0.2, 0.25) is 17.6 Å². The minimum Gasteiger partial charge on any atom is -0.497 e. The van der Waals surface area contributed by atoms with Crippen molar-refractivity contribution in [3.63, 3.8) is 0 Å². The number of benzene rings is 1. The van der Waals surface area contributed by atoms with Crippen LogP contribution in [0.25, 0.3) is 11.4 Å². The van der Waals surface area contributed by atoms with Crippen LogP contribution < -0.4 is 4.74 Å². The molecule has 1 fully saturated rings. The molecule has 0 N–H and O–H groups in total. The van der Waals surface area contributed by atoms with Gasteiger partial charge >= 0.3 is 0 Å². The Kier molecular flexibility index (Phi) is 4.92. The molecule has 0 aliphatic carbocycles. The first kappa shape index (κ1) is 16.7. The number of nitrogens with zero attached hydrogens (tertiary/aromatic N) is 4. The molecule has 1 saturated heterocycles. The molecular formula is C18H20N4O4. The van der Waals surface area contributed by atoms with Gasteiger partial charge in [0.25, 0.3) is 0 Å². The van der Waals surface area contributed by atoms with Crippen molar-refractivity contribution in [1.82, 2.24) is 20.3 Å². The number of ether oxygens (including phenoxy) is 2. The highest BCUT2D eigenvalue weighted by molar-refractivity contribution is 5.56. The Balaban J connectivity index is 1.32. The standard InChI is InChI=1S/C18H20N4O4/c1-23-14-5-2-4-12(10-14)17-19-15(25-21-17)6-3-7-16-20-18(22-26-16)13-8-9-24-11-13/h2,4-5,10,13H,3,6-9,11H2,1H3. The molecule has 2 aromatic heterocycles. The molecule has 0 radical (unpaired) electrons. The fourth-order valence-electron chi connectivity index (χ4n) is 2.90. The van der Waals surface area contributed by atoms with E-state index in [0.717, 1.165) is 36.6 Å². The van der Waals surface area contributed by atoms with Gasteiger partial charge in [-0.3, -0.25) is 0 Å². The molecular weight excluding hydrogens is 336 g/mol. The Labute approximate surface area is 150 Å². The van der Waals surface area contributed by atoms with Crippen molar-refractivity contribution >= 4 is 0 Å². The molecule has 3 aromatic rings. The van der Waals surface area contributed by atoms with Gasteiger partial charge in [-0.2, -0.15) is 9.97 Å². The van der Waals surface area contributed by atoms with Gasteiger partial charge in [0.15, 0.2) is 5.82 Å². The lowest BCUT2D eigenvalue weighted by molar-refractivity contribution is 0.192. The summed E-state index contributed by atoms with van der Waals surface area (Å²) in [6.45, 7) is 1.44. The number of aromatic nitrogens is 4. The third-order valence-electron chi connectivity index (χ3n) is 4.36. The van der Waals surface area contributed by atoms with Crippen molar-refractivity contribution < 1.29 is 18.5 Å². The summed E-state index contributed by atoms with van der Waals surface area (Å²) in [6, 6.07) is 7.57. The molecule has 0 spiro atoms. The number of hydrogen-bond acceptors (Lipinski definition) is 8. The zero-order valence-corrected chi connectivity index (χ0v) is 14.6. The molecule has 8 nitrogen and oxygen atoms in total. The summed E-state index contributed by atoms with van der Waals surface area (Å²) in [5, 5.41) is 8.09. The molecule has 3 heterocycles. The van der Waals surface area contributed by atoms with Crippen molar-refractivity contribution in [2.24, 2.45) is 0 Å². The van der Waals surface area contributed by atoms with Crippen LogP contribution in [0.2, 0.25) is 0 Å². The Morgan fingerprint density at radius 3 is 2.77 bits per heavy atom. The van der Waals surface area contributed by atoms with Crippen LogP contribution in [0.3, 0.4) is 0 Å². The fraction of sp³-hybridized carbons (Fsp3) is 0.444. The largest absolute Gasteiger partial charge is 0.497 e. The molecule has 0 bridgehead atoms. The Morgan fingerprint density at radius 2 is 1.96 bits per heavy atom. The van der Waals surface area contributed by atoms with Crippen molar-refractivity contribution in [3.8, 4) is 17.1 Å². The van der Waals surface area contributed by atoms with Gasteiger partial charge in [0, 0.05) is 30.9 Å². The maximum Gasteiger partial charge on any atom is 0.226 e. The van der Waals surface area contributed by atoms with Crippen LogP contribution in [0, 0.1) is 0 Å². The molecule has 136 valence electrons. The number of rotatable bonds is 7. The second kappa shape index (κ2) is 7.65. The molecule has 26 heavy (non-hydrogen) atoms. The summed E-state index contributed by atoms with van der Waals surface area (Å²) < 4.78 is 21.2. The van der Waals surface area contributed by atoms with Gasteiger partial charge in [-0.15, -0.1) is 0 Å². The maximum absolute atomic E-state index is 5.36. The third-order valence-corrected chi connectivity index (χ3v) is 4.36. The van der Waals surface area contributed by atoms with Gasteiger partial charge in [-0.25, -0.2) is 0 Å². The van der Waals surface area contributed by atoms with Gasteiger partial charge < -0.3 is 18.5 Å². The van der Waals surface area contributed by atoms with Crippen LogP contribution in [0.1, 0.15) is 36.4 Å². The zero-order chi connectivity index (χ0) is 17.8. The van der Waals surface area contributed by atoms with Crippen LogP contribution in [-0.2, 0) is 17.6 Å². The molecule has 1 atom stereocenters. The van der Waals surface area contributed by atoms with Crippen molar-refractivity contribution in [3.05, 3.63) is 41.9 Å². The summed E-state index contributed by atoms with van der Waals surface area (Å²) in [4.78, 5) is 8.90. The Bertz CT molecular complexity index is 854. The fourth-order valence-corrected chi connectivity index (χ4v) is 2.90. The van der Waals surface area contributed by atoms with E-state index in [1.165, 1.54) is 0 Å². The van der Waals surface area contributed by atoms with Crippen molar-refractivity contribution in [1.29, 1.82) is 0 Å². The van der Waals surface area contributed by atoms with Gasteiger partial charge in [-0.1, -0.05) is 22.4 Å². The second-order valence-corrected chi connectivity index (χ2v) is 6.20. The van der Waals surface area contributed by atoms with E-state index in [9.17, 15) is 0 Å². The number of hydrogen-bond donors (Lipinski definition) is 0. The highest BCUT2D eigenvalue weighted by Gasteiger charge is 2.23. The Hall–Kier alpha value is -2.74. The molecule has 1 aromatic carbocycles. The minimum atomic E-state index is 0.258. The lowest BCUT2D eigenvalue weighted by Gasteiger charge is -1.99. The van der Waals surface area contributed by atoms with Crippen LogP contribution >= 0.6 is 0 Å². The van der Waals surface area contributed by atoms with E-state index in [-0.39, 0.29) is 5.92 Å².